The van der Waals surface area contributed by atoms with Crippen molar-refractivity contribution in [2.75, 3.05) is 19.8 Å². The van der Waals surface area contributed by atoms with E-state index in [0.717, 1.165) is 89.0 Å². The average molecular weight is 569 g/mol. The lowest BCUT2D eigenvalue weighted by Gasteiger charge is -2.31. The molecule has 4 unspecified atom stereocenters. The van der Waals surface area contributed by atoms with Crippen molar-refractivity contribution >= 4 is 6.29 Å². The first-order chi connectivity index (χ1) is 19.2. The molecule has 6 heteroatoms. The molecule has 0 heterocycles. The summed E-state index contributed by atoms with van der Waals surface area (Å²) in [7, 11) is 0. The lowest BCUT2D eigenvalue weighted by Crippen LogP contribution is -2.26. The summed E-state index contributed by atoms with van der Waals surface area (Å²) < 4.78 is 5.43. The minimum Gasteiger partial charge on any atom is -0.403 e. The first-order valence-electron chi connectivity index (χ1n) is 16.4. The van der Waals surface area contributed by atoms with Crippen LogP contribution in [0.25, 0.3) is 0 Å². The monoisotopic (exact) mass is 569 g/mol. The van der Waals surface area contributed by atoms with Crippen LogP contribution in [0, 0.1) is 11.8 Å². The van der Waals surface area contributed by atoms with Gasteiger partial charge in [0, 0.05) is 31.2 Å². The van der Waals surface area contributed by atoms with Crippen molar-refractivity contribution in [3.63, 3.8) is 0 Å². The molecule has 6 nitrogen and oxygen atoms in total. The number of nitrogens with two attached hydrogens (primary N) is 1. The molecule has 40 heavy (non-hydrogen) atoms. The zero-order valence-electron chi connectivity index (χ0n) is 26.9. The van der Waals surface area contributed by atoms with E-state index in [4.69, 9.17) is 15.3 Å². The number of carbonyl (C=O) groups is 1. The molecule has 4 atom stereocenters. The number of hydrogen-bond acceptors (Lipinski definition) is 6. The third kappa shape index (κ3) is 29.6. The van der Waals surface area contributed by atoms with Gasteiger partial charge < -0.3 is 30.8 Å². The van der Waals surface area contributed by atoms with Crippen molar-refractivity contribution in [1.82, 2.24) is 5.32 Å². The van der Waals surface area contributed by atoms with Crippen LogP contribution in [-0.4, -0.2) is 48.5 Å². The Bertz CT molecular complexity index is 584. The maximum absolute atomic E-state index is 9.77. The Morgan fingerprint density at radius 2 is 1.65 bits per heavy atom. The molecule has 0 amide bonds. The highest BCUT2D eigenvalue weighted by Gasteiger charge is 2.25. The molecule has 1 aliphatic rings. The number of hydrogen-bond donors (Lipinski definition) is 4. The van der Waals surface area contributed by atoms with Crippen LogP contribution in [0.1, 0.15) is 143 Å². The van der Waals surface area contributed by atoms with Gasteiger partial charge in [0.25, 0.3) is 0 Å². The van der Waals surface area contributed by atoms with E-state index in [2.05, 4.69) is 32.3 Å². The first-order valence-corrected chi connectivity index (χ1v) is 16.4. The Morgan fingerprint density at radius 3 is 2.27 bits per heavy atom. The number of aliphatic hydroxyl groups excluding tert-OH is 2. The van der Waals surface area contributed by atoms with Crippen molar-refractivity contribution in [2.24, 2.45) is 17.6 Å². The SMILES string of the molecule is C=C(CCCCCC1CCC(O)C(C)C1)NCCCCCC.C=C(N)CCCCOCCCC(O)CC.CC=O. The van der Waals surface area contributed by atoms with Crippen LogP contribution in [0.2, 0.25) is 0 Å². The van der Waals surface area contributed by atoms with Crippen LogP contribution in [0.3, 0.4) is 0 Å². The van der Waals surface area contributed by atoms with Crippen LogP contribution >= 0.6 is 0 Å². The van der Waals surface area contributed by atoms with Gasteiger partial charge in [0.1, 0.15) is 6.29 Å². The largest absolute Gasteiger partial charge is 0.403 e. The van der Waals surface area contributed by atoms with Crippen LogP contribution < -0.4 is 11.1 Å². The number of rotatable bonds is 22. The highest BCUT2D eigenvalue weighted by Crippen LogP contribution is 2.32. The van der Waals surface area contributed by atoms with Gasteiger partial charge in [-0.2, -0.15) is 0 Å². The van der Waals surface area contributed by atoms with E-state index >= 15 is 0 Å². The van der Waals surface area contributed by atoms with Crippen molar-refractivity contribution in [3.05, 3.63) is 24.6 Å². The van der Waals surface area contributed by atoms with E-state index in [1.165, 1.54) is 76.8 Å². The Balaban J connectivity index is 0. The molecule has 0 aromatic rings. The highest BCUT2D eigenvalue weighted by atomic mass is 16.5. The lowest BCUT2D eigenvalue weighted by atomic mass is 9.78. The molecule has 0 spiro atoms. The van der Waals surface area contributed by atoms with Crippen LogP contribution in [0.4, 0.5) is 0 Å². The predicted molar refractivity (Wildman–Crippen MR) is 172 cm³/mol. The standard InChI is InChI=1S/C20H39NO.C12H25NO2.C2H4O/c1-4-5-6-10-15-21-18(3)11-8-7-9-12-19-13-14-20(22)17(2)16-19;1-3-12(14)8-6-10-15-9-5-4-7-11(2)13;1-2-3/h17,19-22H,3-16H2,1-2H3;12,14H,2-10,13H2,1H3;2H,1H3. The van der Waals surface area contributed by atoms with Gasteiger partial charge in [0.05, 0.1) is 12.2 Å². The maximum atomic E-state index is 9.77. The molecule has 5 N–H and O–H groups in total. The second kappa shape index (κ2) is 30.6. The maximum Gasteiger partial charge on any atom is 0.116 e. The van der Waals surface area contributed by atoms with Crippen LogP contribution in [0.15, 0.2) is 24.6 Å². The summed E-state index contributed by atoms with van der Waals surface area (Å²) in [6, 6.07) is 0. The topological polar surface area (TPSA) is 105 Å². The molecule has 238 valence electrons. The van der Waals surface area contributed by atoms with E-state index in [1.807, 2.05) is 6.92 Å². The van der Waals surface area contributed by atoms with Crippen molar-refractivity contribution in [2.45, 2.75) is 155 Å². The molecule has 1 fully saturated rings. The predicted octanol–water partition coefficient (Wildman–Crippen LogP) is 7.82. The molecule has 0 aliphatic heterocycles. The summed E-state index contributed by atoms with van der Waals surface area (Å²) in [5.41, 5.74) is 7.42. The van der Waals surface area contributed by atoms with Crippen LogP contribution in [-0.2, 0) is 9.53 Å². The van der Waals surface area contributed by atoms with Crippen molar-refractivity contribution in [1.29, 1.82) is 0 Å². The summed E-state index contributed by atoms with van der Waals surface area (Å²) in [6.45, 7) is 18.3. The molecule has 1 saturated carbocycles. The van der Waals surface area contributed by atoms with Gasteiger partial charge in [0.15, 0.2) is 0 Å². The fourth-order valence-electron chi connectivity index (χ4n) is 4.89. The number of aldehydes is 1. The molecule has 1 aliphatic carbocycles. The second-order valence-corrected chi connectivity index (χ2v) is 11.6. The third-order valence-corrected chi connectivity index (χ3v) is 7.56. The molecule has 0 saturated heterocycles. The molecule has 0 aromatic heterocycles. The summed E-state index contributed by atoms with van der Waals surface area (Å²) in [4.78, 5) is 8.81. The third-order valence-electron chi connectivity index (χ3n) is 7.56. The normalized spacial score (nSPS) is 18.9. The molecule has 1 rings (SSSR count). The fraction of sp³-hybridized carbons (Fsp3) is 0.853. The number of unbranched alkanes of at least 4 members (excludes halogenated alkanes) is 6. The lowest BCUT2D eigenvalue weighted by molar-refractivity contribution is -0.106. The number of carbonyl (C=O) groups excluding carboxylic acids is 1. The van der Waals surface area contributed by atoms with Crippen molar-refractivity contribution < 1.29 is 19.7 Å². The number of ether oxygens (including phenoxy) is 1. The number of nitrogens with one attached hydrogen (secondary N) is 1. The van der Waals surface area contributed by atoms with Gasteiger partial charge in [-0.1, -0.05) is 72.5 Å². The zero-order valence-corrected chi connectivity index (χ0v) is 26.9. The van der Waals surface area contributed by atoms with Gasteiger partial charge in [-0.05, 0) is 95.8 Å². The molecular weight excluding hydrogens is 500 g/mol. The molecule has 0 bridgehead atoms. The smallest absolute Gasteiger partial charge is 0.116 e. The van der Waals surface area contributed by atoms with Gasteiger partial charge in [-0.25, -0.2) is 0 Å². The Labute approximate surface area is 248 Å². The fourth-order valence-corrected chi connectivity index (χ4v) is 4.89. The quantitative estimate of drug-likeness (QED) is 0.0784. The van der Waals surface area contributed by atoms with E-state index in [0.29, 0.717) is 5.92 Å². The Hall–Kier alpha value is -1.37. The summed E-state index contributed by atoms with van der Waals surface area (Å²) >= 11 is 0. The first kappa shape index (κ1) is 40.8. The van der Waals surface area contributed by atoms with E-state index in [9.17, 15) is 10.2 Å². The minimum atomic E-state index is -0.158. The Morgan fingerprint density at radius 1 is 1.00 bits per heavy atom. The van der Waals surface area contributed by atoms with Crippen LogP contribution in [0.5, 0.6) is 0 Å². The van der Waals surface area contributed by atoms with E-state index in [-0.39, 0.29) is 12.2 Å². The Kier molecular flexibility index (Phi) is 31.2. The molecular formula is C34H68N2O4. The number of aliphatic hydroxyl groups is 2. The molecule has 0 aromatic carbocycles. The minimum absolute atomic E-state index is 0.0389. The average Bonchev–Trinajstić information content (AvgIpc) is 2.92. The summed E-state index contributed by atoms with van der Waals surface area (Å²) in [6.07, 6.45) is 21.3. The van der Waals surface area contributed by atoms with E-state index in [1.54, 1.807) is 0 Å². The summed E-state index contributed by atoms with van der Waals surface area (Å²) in [5, 5.41) is 22.5. The van der Waals surface area contributed by atoms with Gasteiger partial charge >= 0.3 is 0 Å². The van der Waals surface area contributed by atoms with Gasteiger partial charge in [0.2, 0.25) is 0 Å². The summed E-state index contributed by atoms with van der Waals surface area (Å²) in [5.74, 6) is 1.37. The highest BCUT2D eigenvalue weighted by molar-refractivity contribution is 5.44. The number of allylic oxidation sites excluding steroid dienone is 2. The van der Waals surface area contributed by atoms with E-state index < -0.39 is 0 Å². The van der Waals surface area contributed by atoms with Gasteiger partial charge in [-0.3, -0.25) is 0 Å². The zero-order chi connectivity index (χ0) is 30.4. The van der Waals surface area contributed by atoms with Crippen molar-refractivity contribution in [3.8, 4) is 0 Å². The van der Waals surface area contributed by atoms with Gasteiger partial charge in [-0.15, -0.1) is 0 Å². The molecule has 0 radical (unpaired) electrons. The second-order valence-electron chi connectivity index (χ2n) is 11.6.